The number of rotatable bonds is 4. The molecular weight excluding hydrogens is 264 g/mol. The Morgan fingerprint density at radius 2 is 1.95 bits per heavy atom. The zero-order valence-corrected chi connectivity index (χ0v) is 12.6. The summed E-state index contributed by atoms with van der Waals surface area (Å²) < 4.78 is 0. The zero-order chi connectivity index (χ0) is 13.9. The number of hydrogen-bond donors (Lipinski definition) is 1. The van der Waals surface area contributed by atoms with E-state index < -0.39 is 0 Å². The molecule has 20 heavy (non-hydrogen) atoms. The van der Waals surface area contributed by atoms with Crippen LogP contribution in [0.4, 0.5) is 5.82 Å². The minimum absolute atomic E-state index is 0.377. The van der Waals surface area contributed by atoms with Gasteiger partial charge < -0.3 is 5.32 Å². The molecule has 1 N–H and O–H groups in total. The lowest BCUT2D eigenvalue weighted by molar-refractivity contribution is 0.795. The first kappa shape index (κ1) is 13.1. The molecule has 0 aliphatic rings. The maximum atomic E-state index is 4.65. The van der Waals surface area contributed by atoms with E-state index in [9.17, 15) is 0 Å². The molecule has 102 valence electrons. The van der Waals surface area contributed by atoms with Crippen molar-refractivity contribution in [1.29, 1.82) is 0 Å². The van der Waals surface area contributed by atoms with Crippen LogP contribution in [0.2, 0.25) is 0 Å². The molecule has 0 spiro atoms. The highest BCUT2D eigenvalue weighted by molar-refractivity contribution is 7.11. The minimum Gasteiger partial charge on any atom is -0.367 e. The first-order valence-electron chi connectivity index (χ1n) is 6.88. The predicted octanol–water partition coefficient (Wildman–Crippen LogP) is 4.65. The molecule has 0 saturated carbocycles. The minimum atomic E-state index is 0.377. The van der Waals surface area contributed by atoms with Crippen molar-refractivity contribution in [1.82, 2.24) is 4.98 Å². The van der Waals surface area contributed by atoms with Crippen LogP contribution in [0.5, 0.6) is 0 Å². The first-order valence-corrected chi connectivity index (χ1v) is 7.70. The molecule has 3 rings (SSSR count). The van der Waals surface area contributed by atoms with E-state index in [-0.39, 0.29) is 0 Å². The van der Waals surface area contributed by atoms with Crippen molar-refractivity contribution >= 4 is 28.1 Å². The van der Waals surface area contributed by atoms with Gasteiger partial charge in [0.25, 0.3) is 0 Å². The summed E-state index contributed by atoms with van der Waals surface area (Å²) in [6, 6.07) is 17.1. The van der Waals surface area contributed by atoms with Crippen LogP contribution in [0, 0.1) is 6.92 Å². The Hall–Kier alpha value is -1.87. The molecule has 2 heterocycles. The second-order valence-corrected chi connectivity index (χ2v) is 6.52. The fourth-order valence-corrected chi connectivity index (χ4v) is 3.37. The third-order valence-corrected chi connectivity index (χ3v) is 4.32. The highest BCUT2D eigenvalue weighted by atomic mass is 32.1. The van der Waals surface area contributed by atoms with E-state index in [0.29, 0.717) is 6.04 Å². The maximum Gasteiger partial charge on any atom is 0.126 e. The summed E-state index contributed by atoms with van der Waals surface area (Å²) in [5.74, 6) is 0.949. The Labute approximate surface area is 123 Å². The van der Waals surface area contributed by atoms with Crippen molar-refractivity contribution in [2.24, 2.45) is 0 Å². The first-order chi connectivity index (χ1) is 9.70. The molecule has 3 heteroatoms. The topological polar surface area (TPSA) is 24.9 Å². The SMILES string of the molecule is Cc1ccc(CC(C)Nc2ccc3ccccc3n2)s1. The molecule has 2 aromatic heterocycles. The summed E-state index contributed by atoms with van der Waals surface area (Å²) in [6.07, 6.45) is 1.03. The van der Waals surface area contributed by atoms with Crippen LogP contribution in [0.15, 0.2) is 48.5 Å². The molecular formula is C17H18N2S. The van der Waals surface area contributed by atoms with Crippen LogP contribution in [-0.2, 0) is 6.42 Å². The summed E-state index contributed by atoms with van der Waals surface area (Å²) in [5.41, 5.74) is 1.04. The van der Waals surface area contributed by atoms with Crippen LogP contribution in [-0.4, -0.2) is 11.0 Å². The van der Waals surface area contributed by atoms with Crippen molar-refractivity contribution in [2.75, 3.05) is 5.32 Å². The van der Waals surface area contributed by atoms with Gasteiger partial charge in [-0.05, 0) is 44.2 Å². The Balaban J connectivity index is 1.72. The van der Waals surface area contributed by atoms with E-state index in [4.69, 9.17) is 0 Å². The third kappa shape index (κ3) is 2.99. The number of para-hydroxylation sites is 1. The Kier molecular flexibility index (Phi) is 3.70. The number of aromatic nitrogens is 1. The van der Waals surface area contributed by atoms with Gasteiger partial charge in [0, 0.05) is 27.6 Å². The fourth-order valence-electron chi connectivity index (χ4n) is 2.35. The molecule has 3 aromatic rings. The zero-order valence-electron chi connectivity index (χ0n) is 11.8. The standard InChI is InChI=1S/C17H18N2S/c1-12(11-15-9-7-13(2)20-15)18-17-10-8-14-5-3-4-6-16(14)19-17/h3-10,12H,11H2,1-2H3,(H,18,19). The molecule has 1 unspecified atom stereocenters. The van der Waals surface area contributed by atoms with Gasteiger partial charge in [-0.25, -0.2) is 4.98 Å². The van der Waals surface area contributed by atoms with Crippen LogP contribution in [0.3, 0.4) is 0 Å². The van der Waals surface area contributed by atoms with Gasteiger partial charge in [0.2, 0.25) is 0 Å². The molecule has 0 fully saturated rings. The van der Waals surface area contributed by atoms with E-state index in [0.717, 1.165) is 17.8 Å². The van der Waals surface area contributed by atoms with Gasteiger partial charge in [-0.2, -0.15) is 0 Å². The van der Waals surface area contributed by atoms with Crippen molar-refractivity contribution in [3.63, 3.8) is 0 Å². The quantitative estimate of drug-likeness (QED) is 0.753. The number of anilines is 1. The molecule has 0 amide bonds. The lowest BCUT2D eigenvalue weighted by atomic mass is 10.2. The molecule has 0 radical (unpaired) electrons. The van der Waals surface area contributed by atoms with E-state index in [1.165, 1.54) is 15.1 Å². The van der Waals surface area contributed by atoms with Crippen molar-refractivity contribution < 1.29 is 0 Å². The maximum absolute atomic E-state index is 4.65. The predicted molar refractivity (Wildman–Crippen MR) is 87.6 cm³/mol. The Bertz CT molecular complexity index is 718. The second-order valence-electron chi connectivity index (χ2n) is 5.15. The van der Waals surface area contributed by atoms with Crippen LogP contribution in [0.1, 0.15) is 16.7 Å². The molecule has 0 aliphatic heterocycles. The van der Waals surface area contributed by atoms with Gasteiger partial charge in [-0.1, -0.05) is 18.2 Å². The highest BCUT2D eigenvalue weighted by Crippen LogP contribution is 2.19. The Morgan fingerprint density at radius 3 is 2.75 bits per heavy atom. The molecule has 0 saturated heterocycles. The summed E-state index contributed by atoms with van der Waals surface area (Å²) in [4.78, 5) is 7.45. The number of hydrogen-bond acceptors (Lipinski definition) is 3. The van der Waals surface area contributed by atoms with Gasteiger partial charge in [-0.15, -0.1) is 11.3 Å². The smallest absolute Gasteiger partial charge is 0.126 e. The number of nitrogens with zero attached hydrogens (tertiary/aromatic N) is 1. The van der Waals surface area contributed by atoms with Gasteiger partial charge >= 0.3 is 0 Å². The van der Waals surface area contributed by atoms with E-state index in [1.807, 2.05) is 29.5 Å². The number of aryl methyl sites for hydroxylation is 1. The monoisotopic (exact) mass is 282 g/mol. The lowest BCUT2D eigenvalue weighted by Crippen LogP contribution is -2.18. The molecule has 0 bridgehead atoms. The van der Waals surface area contributed by atoms with Gasteiger partial charge in [0.05, 0.1) is 5.52 Å². The summed E-state index contributed by atoms with van der Waals surface area (Å²) in [6.45, 7) is 4.35. The number of thiophene rings is 1. The number of fused-ring (bicyclic) bond motifs is 1. The fraction of sp³-hybridized carbons (Fsp3) is 0.235. The molecule has 2 nitrogen and oxygen atoms in total. The van der Waals surface area contributed by atoms with E-state index in [1.54, 1.807) is 0 Å². The second kappa shape index (κ2) is 5.63. The third-order valence-electron chi connectivity index (χ3n) is 3.30. The van der Waals surface area contributed by atoms with Crippen LogP contribution in [0.25, 0.3) is 10.9 Å². The Morgan fingerprint density at radius 1 is 1.10 bits per heavy atom. The highest BCUT2D eigenvalue weighted by Gasteiger charge is 2.06. The average Bonchev–Trinajstić information content (AvgIpc) is 2.83. The van der Waals surface area contributed by atoms with Crippen molar-refractivity contribution in [2.45, 2.75) is 26.3 Å². The van der Waals surface area contributed by atoms with Crippen LogP contribution >= 0.6 is 11.3 Å². The number of nitrogens with one attached hydrogen (secondary N) is 1. The number of pyridine rings is 1. The largest absolute Gasteiger partial charge is 0.367 e. The molecule has 1 atom stereocenters. The normalized spacial score (nSPS) is 12.5. The summed E-state index contributed by atoms with van der Waals surface area (Å²) in [7, 11) is 0. The van der Waals surface area contributed by atoms with Gasteiger partial charge in [-0.3, -0.25) is 0 Å². The summed E-state index contributed by atoms with van der Waals surface area (Å²) in [5, 5.41) is 4.67. The lowest BCUT2D eigenvalue weighted by Gasteiger charge is -2.14. The average molecular weight is 282 g/mol. The van der Waals surface area contributed by atoms with E-state index >= 15 is 0 Å². The van der Waals surface area contributed by atoms with E-state index in [2.05, 4.69) is 54.5 Å². The van der Waals surface area contributed by atoms with Gasteiger partial charge in [0.15, 0.2) is 0 Å². The molecule has 1 aromatic carbocycles. The van der Waals surface area contributed by atoms with Crippen LogP contribution < -0.4 is 5.32 Å². The van der Waals surface area contributed by atoms with Gasteiger partial charge in [0.1, 0.15) is 5.82 Å². The summed E-state index contributed by atoms with van der Waals surface area (Å²) >= 11 is 1.87. The van der Waals surface area contributed by atoms with Crippen molar-refractivity contribution in [3.05, 3.63) is 58.3 Å². The van der Waals surface area contributed by atoms with Crippen molar-refractivity contribution in [3.8, 4) is 0 Å². The number of benzene rings is 1. The molecule has 0 aliphatic carbocycles.